The van der Waals surface area contributed by atoms with Crippen LogP contribution in [0.15, 0.2) is 77.0 Å². The highest BCUT2D eigenvalue weighted by molar-refractivity contribution is 5.91. The standard InChI is InChI=1S/C27H30N2O4/c1-4-5-6-7-18-32-25-15-10-22(11-16-25)28-29-23-12-17-26(20(2)19-23)33-27(30)21-8-13-24(31-3)14-9-21/h8-17,19H,4-7,18H2,1-3H3. The van der Waals surface area contributed by atoms with Crippen LogP contribution in [0.4, 0.5) is 11.4 Å². The zero-order valence-electron chi connectivity index (χ0n) is 19.4. The molecule has 172 valence electrons. The lowest BCUT2D eigenvalue weighted by Gasteiger charge is -2.08. The number of unbranched alkanes of at least 4 members (excludes halogenated alkanes) is 3. The van der Waals surface area contributed by atoms with Crippen LogP contribution in [0.5, 0.6) is 17.2 Å². The van der Waals surface area contributed by atoms with Crippen molar-refractivity contribution in [3.63, 3.8) is 0 Å². The maximum absolute atomic E-state index is 12.4. The van der Waals surface area contributed by atoms with E-state index >= 15 is 0 Å². The molecule has 0 unspecified atom stereocenters. The highest BCUT2D eigenvalue weighted by Crippen LogP contribution is 2.27. The SMILES string of the molecule is CCCCCCOc1ccc(N=Nc2ccc(OC(=O)c3ccc(OC)cc3)c(C)c2)cc1. The second-order valence-electron chi connectivity index (χ2n) is 7.67. The second kappa shape index (κ2) is 12.4. The van der Waals surface area contributed by atoms with Crippen molar-refractivity contribution in [3.8, 4) is 17.2 Å². The lowest BCUT2D eigenvalue weighted by molar-refractivity contribution is 0.0733. The molecule has 0 radical (unpaired) electrons. The van der Waals surface area contributed by atoms with Gasteiger partial charge in [-0.2, -0.15) is 10.2 Å². The molecule has 0 atom stereocenters. The molecule has 0 fully saturated rings. The van der Waals surface area contributed by atoms with Crippen LogP contribution in [0.25, 0.3) is 0 Å². The Kier molecular flexibility index (Phi) is 9.00. The first-order chi connectivity index (χ1) is 16.1. The minimum absolute atomic E-state index is 0.428. The fourth-order valence-corrected chi connectivity index (χ4v) is 3.14. The summed E-state index contributed by atoms with van der Waals surface area (Å²) in [5, 5.41) is 8.57. The number of hydrogen-bond donors (Lipinski definition) is 0. The van der Waals surface area contributed by atoms with Crippen molar-refractivity contribution in [1.29, 1.82) is 0 Å². The molecule has 0 aliphatic rings. The van der Waals surface area contributed by atoms with Crippen LogP contribution in [-0.4, -0.2) is 19.7 Å². The van der Waals surface area contributed by atoms with E-state index in [1.54, 1.807) is 43.5 Å². The Morgan fingerprint density at radius 3 is 2.15 bits per heavy atom. The number of benzene rings is 3. The molecule has 0 aliphatic carbocycles. The number of ether oxygens (including phenoxy) is 3. The molecule has 0 saturated heterocycles. The molecule has 0 N–H and O–H groups in total. The van der Waals surface area contributed by atoms with Crippen LogP contribution in [-0.2, 0) is 0 Å². The number of methoxy groups -OCH3 is 1. The van der Waals surface area contributed by atoms with Gasteiger partial charge in [0.1, 0.15) is 17.2 Å². The number of carbonyl (C=O) groups is 1. The summed E-state index contributed by atoms with van der Waals surface area (Å²) in [7, 11) is 1.58. The first-order valence-electron chi connectivity index (χ1n) is 11.2. The summed E-state index contributed by atoms with van der Waals surface area (Å²) in [6.07, 6.45) is 4.73. The molecule has 0 aromatic heterocycles. The minimum Gasteiger partial charge on any atom is -0.497 e. The minimum atomic E-state index is -0.428. The van der Waals surface area contributed by atoms with Crippen molar-refractivity contribution in [2.75, 3.05) is 13.7 Å². The third-order valence-electron chi connectivity index (χ3n) is 5.07. The van der Waals surface area contributed by atoms with Crippen molar-refractivity contribution >= 4 is 17.3 Å². The Labute approximate surface area is 195 Å². The van der Waals surface area contributed by atoms with Gasteiger partial charge in [0.25, 0.3) is 0 Å². The molecule has 0 aliphatic heterocycles. The van der Waals surface area contributed by atoms with Gasteiger partial charge in [-0.05, 0) is 85.6 Å². The van der Waals surface area contributed by atoms with E-state index in [0.29, 0.717) is 22.7 Å². The van der Waals surface area contributed by atoms with E-state index in [2.05, 4.69) is 17.2 Å². The van der Waals surface area contributed by atoms with Crippen molar-refractivity contribution in [2.24, 2.45) is 10.2 Å². The van der Waals surface area contributed by atoms with Gasteiger partial charge in [0.15, 0.2) is 0 Å². The predicted octanol–water partition coefficient (Wildman–Crippen LogP) is 7.60. The largest absolute Gasteiger partial charge is 0.497 e. The lowest BCUT2D eigenvalue weighted by atomic mass is 10.2. The molecule has 0 amide bonds. The summed E-state index contributed by atoms with van der Waals surface area (Å²) in [6, 6.07) is 19.7. The molecule has 0 bridgehead atoms. The summed E-state index contributed by atoms with van der Waals surface area (Å²) < 4.78 is 16.4. The average molecular weight is 447 g/mol. The van der Waals surface area contributed by atoms with E-state index in [1.165, 1.54) is 19.3 Å². The first-order valence-corrected chi connectivity index (χ1v) is 11.2. The second-order valence-corrected chi connectivity index (χ2v) is 7.67. The maximum atomic E-state index is 12.4. The zero-order chi connectivity index (χ0) is 23.5. The smallest absolute Gasteiger partial charge is 0.343 e. The van der Waals surface area contributed by atoms with Crippen LogP contribution in [0.3, 0.4) is 0 Å². The molecule has 0 spiro atoms. The molecule has 33 heavy (non-hydrogen) atoms. The number of aryl methyl sites for hydroxylation is 1. The topological polar surface area (TPSA) is 69.5 Å². The number of azo groups is 1. The fraction of sp³-hybridized carbons (Fsp3) is 0.296. The monoisotopic (exact) mass is 446 g/mol. The van der Waals surface area contributed by atoms with E-state index in [4.69, 9.17) is 14.2 Å². The number of nitrogens with zero attached hydrogens (tertiary/aromatic N) is 2. The average Bonchev–Trinajstić information content (AvgIpc) is 2.85. The first kappa shape index (κ1) is 24.0. The van der Waals surface area contributed by atoms with E-state index in [1.807, 2.05) is 37.3 Å². The predicted molar refractivity (Wildman–Crippen MR) is 129 cm³/mol. The molecule has 6 nitrogen and oxygen atoms in total. The summed E-state index contributed by atoms with van der Waals surface area (Å²) in [5.41, 5.74) is 2.65. The van der Waals surface area contributed by atoms with Crippen molar-refractivity contribution in [2.45, 2.75) is 39.5 Å². The third-order valence-corrected chi connectivity index (χ3v) is 5.07. The van der Waals surface area contributed by atoms with Gasteiger partial charge >= 0.3 is 5.97 Å². The van der Waals surface area contributed by atoms with Gasteiger partial charge in [-0.1, -0.05) is 26.2 Å². The number of carbonyl (C=O) groups excluding carboxylic acids is 1. The Bertz CT molecular complexity index is 1060. The van der Waals surface area contributed by atoms with E-state index in [-0.39, 0.29) is 0 Å². The number of esters is 1. The van der Waals surface area contributed by atoms with Crippen molar-refractivity contribution < 1.29 is 19.0 Å². The van der Waals surface area contributed by atoms with Gasteiger partial charge in [0.05, 0.1) is 30.7 Å². The van der Waals surface area contributed by atoms with Gasteiger partial charge in [0.2, 0.25) is 0 Å². The van der Waals surface area contributed by atoms with Gasteiger partial charge in [-0.3, -0.25) is 0 Å². The van der Waals surface area contributed by atoms with Crippen molar-refractivity contribution in [3.05, 3.63) is 77.9 Å². The van der Waals surface area contributed by atoms with Gasteiger partial charge < -0.3 is 14.2 Å². The molecule has 0 heterocycles. The Morgan fingerprint density at radius 2 is 1.48 bits per heavy atom. The maximum Gasteiger partial charge on any atom is 0.343 e. The molecule has 3 aromatic rings. The summed E-state index contributed by atoms with van der Waals surface area (Å²) in [4.78, 5) is 12.4. The Morgan fingerprint density at radius 1 is 0.818 bits per heavy atom. The summed E-state index contributed by atoms with van der Waals surface area (Å²) in [5.74, 6) is 1.57. The van der Waals surface area contributed by atoms with E-state index in [0.717, 1.165) is 30.0 Å². The fourth-order valence-electron chi connectivity index (χ4n) is 3.14. The summed E-state index contributed by atoms with van der Waals surface area (Å²) in [6.45, 7) is 4.79. The third kappa shape index (κ3) is 7.45. The molecular weight excluding hydrogens is 416 g/mol. The quantitative estimate of drug-likeness (QED) is 0.132. The Balaban J connectivity index is 1.55. The van der Waals surface area contributed by atoms with Gasteiger partial charge in [-0.25, -0.2) is 4.79 Å². The molecular formula is C27H30N2O4. The normalized spacial score (nSPS) is 10.9. The summed E-state index contributed by atoms with van der Waals surface area (Å²) >= 11 is 0. The molecule has 3 aromatic carbocycles. The zero-order valence-corrected chi connectivity index (χ0v) is 19.4. The number of hydrogen-bond acceptors (Lipinski definition) is 6. The van der Waals surface area contributed by atoms with Crippen molar-refractivity contribution in [1.82, 2.24) is 0 Å². The highest BCUT2D eigenvalue weighted by atomic mass is 16.5. The van der Waals surface area contributed by atoms with Gasteiger partial charge in [0, 0.05) is 0 Å². The highest BCUT2D eigenvalue weighted by Gasteiger charge is 2.11. The van der Waals surface area contributed by atoms with Crippen LogP contribution >= 0.6 is 0 Å². The molecule has 3 rings (SSSR count). The lowest BCUT2D eigenvalue weighted by Crippen LogP contribution is -2.09. The van der Waals surface area contributed by atoms with Crippen LogP contribution in [0, 0.1) is 6.92 Å². The van der Waals surface area contributed by atoms with Gasteiger partial charge in [-0.15, -0.1) is 0 Å². The van der Waals surface area contributed by atoms with Crippen LogP contribution in [0.1, 0.15) is 48.5 Å². The van der Waals surface area contributed by atoms with Crippen LogP contribution in [0.2, 0.25) is 0 Å². The van der Waals surface area contributed by atoms with E-state index in [9.17, 15) is 4.79 Å². The molecule has 6 heteroatoms. The number of rotatable bonds is 11. The van der Waals surface area contributed by atoms with E-state index < -0.39 is 5.97 Å². The Hall–Kier alpha value is -3.67. The van der Waals surface area contributed by atoms with Crippen LogP contribution < -0.4 is 14.2 Å². The molecule has 0 saturated carbocycles.